The molecule has 4 aliphatic carbocycles. The Morgan fingerprint density at radius 3 is 2.39 bits per heavy atom. The summed E-state index contributed by atoms with van der Waals surface area (Å²) in [5.74, 6) is 5.51. The van der Waals surface area contributed by atoms with Crippen LogP contribution in [0.25, 0.3) is 0 Å². The molecule has 128 valence electrons. The number of aliphatic hydroxyl groups excluding tert-OH is 1. The van der Waals surface area contributed by atoms with Crippen LogP contribution in [0.3, 0.4) is 0 Å². The molecule has 0 saturated heterocycles. The van der Waals surface area contributed by atoms with Crippen LogP contribution in [0.1, 0.15) is 71.6 Å². The maximum absolute atomic E-state index is 10.6. The predicted molar refractivity (Wildman–Crippen MR) is 91.5 cm³/mol. The van der Waals surface area contributed by atoms with E-state index >= 15 is 0 Å². The highest BCUT2D eigenvalue weighted by atomic mass is 16.3. The number of aliphatic hydroxyl groups is 2. The molecule has 0 aliphatic heterocycles. The van der Waals surface area contributed by atoms with Crippen molar-refractivity contribution < 1.29 is 10.2 Å². The maximum Gasteiger partial charge on any atom is 0.125 e. The van der Waals surface area contributed by atoms with Crippen LogP contribution < -0.4 is 0 Å². The van der Waals surface area contributed by atoms with E-state index in [0.717, 1.165) is 37.5 Å². The number of fused-ring (bicyclic) bond motifs is 5. The normalized spacial score (nSPS) is 58.7. The van der Waals surface area contributed by atoms with Gasteiger partial charge in [0.25, 0.3) is 0 Å². The Hall–Kier alpha value is -0.520. The Morgan fingerprint density at radius 2 is 1.65 bits per heavy atom. The van der Waals surface area contributed by atoms with Gasteiger partial charge in [0.1, 0.15) is 5.60 Å². The number of rotatable bonds is 0. The summed E-state index contributed by atoms with van der Waals surface area (Å²) in [6.07, 6.45) is 15.3. The van der Waals surface area contributed by atoms with Crippen LogP contribution in [0.5, 0.6) is 0 Å². The first-order valence-corrected chi connectivity index (χ1v) is 9.71. The average molecular weight is 316 g/mol. The molecule has 0 aromatic heterocycles. The van der Waals surface area contributed by atoms with Crippen LogP contribution in [0, 0.1) is 46.8 Å². The third-order valence-electron chi connectivity index (χ3n) is 8.95. The monoisotopic (exact) mass is 316 g/mol. The van der Waals surface area contributed by atoms with Crippen molar-refractivity contribution in [2.45, 2.75) is 83.3 Å². The average Bonchev–Trinajstić information content (AvgIpc) is 2.84. The Morgan fingerprint density at radius 1 is 0.913 bits per heavy atom. The molecule has 4 saturated carbocycles. The lowest BCUT2D eigenvalue weighted by Crippen LogP contribution is -2.56. The summed E-state index contributed by atoms with van der Waals surface area (Å²) >= 11 is 0. The van der Waals surface area contributed by atoms with Crippen LogP contribution in [0.15, 0.2) is 0 Å². The van der Waals surface area contributed by atoms with Crippen molar-refractivity contribution in [1.82, 2.24) is 0 Å². The van der Waals surface area contributed by atoms with Crippen molar-refractivity contribution in [3.63, 3.8) is 0 Å². The zero-order chi connectivity index (χ0) is 16.5. The molecule has 4 fully saturated rings. The molecule has 0 aromatic carbocycles. The second-order valence-electron chi connectivity index (χ2n) is 9.67. The largest absolute Gasteiger partial charge is 0.393 e. The van der Waals surface area contributed by atoms with Crippen molar-refractivity contribution in [2.75, 3.05) is 0 Å². The number of hydrogen-bond donors (Lipinski definition) is 2. The fraction of sp³-hybridized carbons (Fsp3) is 0.905. The van der Waals surface area contributed by atoms with Gasteiger partial charge in [0.05, 0.1) is 6.10 Å². The molecule has 0 bridgehead atoms. The fourth-order valence-corrected chi connectivity index (χ4v) is 7.35. The predicted octanol–water partition coefficient (Wildman–Crippen LogP) is 3.75. The van der Waals surface area contributed by atoms with E-state index in [1.165, 1.54) is 32.1 Å². The summed E-state index contributed by atoms with van der Waals surface area (Å²) in [5, 5.41) is 21.1. The van der Waals surface area contributed by atoms with Crippen LogP contribution >= 0.6 is 0 Å². The summed E-state index contributed by atoms with van der Waals surface area (Å²) in [7, 11) is 0. The van der Waals surface area contributed by atoms with Gasteiger partial charge in [-0.3, -0.25) is 0 Å². The molecule has 2 heteroatoms. The molecule has 4 aliphatic rings. The molecule has 2 nitrogen and oxygen atoms in total. The third-order valence-corrected chi connectivity index (χ3v) is 8.95. The smallest absolute Gasteiger partial charge is 0.125 e. The number of hydrogen-bond acceptors (Lipinski definition) is 2. The summed E-state index contributed by atoms with van der Waals surface area (Å²) < 4.78 is 0. The molecule has 23 heavy (non-hydrogen) atoms. The first kappa shape index (κ1) is 16.0. The van der Waals surface area contributed by atoms with E-state index in [1.807, 2.05) is 0 Å². The van der Waals surface area contributed by atoms with Gasteiger partial charge in [-0.2, -0.15) is 0 Å². The van der Waals surface area contributed by atoms with Crippen molar-refractivity contribution in [2.24, 2.45) is 34.5 Å². The lowest BCUT2D eigenvalue weighted by molar-refractivity contribution is -0.143. The molecule has 0 heterocycles. The lowest BCUT2D eigenvalue weighted by atomic mass is 9.44. The van der Waals surface area contributed by atoms with E-state index in [2.05, 4.69) is 19.8 Å². The maximum atomic E-state index is 10.6. The molecular weight excluding hydrogens is 284 g/mol. The van der Waals surface area contributed by atoms with Gasteiger partial charge in [-0.1, -0.05) is 19.8 Å². The van der Waals surface area contributed by atoms with E-state index in [0.29, 0.717) is 17.3 Å². The van der Waals surface area contributed by atoms with Gasteiger partial charge < -0.3 is 10.2 Å². The highest BCUT2D eigenvalue weighted by molar-refractivity contribution is 5.16. The molecular formula is C21H32O2. The quantitative estimate of drug-likeness (QED) is 0.668. The fourth-order valence-electron chi connectivity index (χ4n) is 7.35. The molecule has 0 aromatic rings. The Balaban J connectivity index is 1.61. The highest BCUT2D eigenvalue weighted by Gasteiger charge is 2.60. The van der Waals surface area contributed by atoms with E-state index < -0.39 is 5.60 Å². The topological polar surface area (TPSA) is 40.5 Å². The van der Waals surface area contributed by atoms with E-state index in [1.54, 1.807) is 0 Å². The molecule has 8 atom stereocenters. The zero-order valence-corrected chi connectivity index (χ0v) is 14.7. The molecule has 0 amide bonds. The molecule has 1 unspecified atom stereocenters. The second-order valence-corrected chi connectivity index (χ2v) is 9.67. The third kappa shape index (κ3) is 2.09. The minimum Gasteiger partial charge on any atom is -0.393 e. The first-order chi connectivity index (χ1) is 10.8. The van der Waals surface area contributed by atoms with Gasteiger partial charge in [0, 0.05) is 0 Å². The van der Waals surface area contributed by atoms with Crippen LogP contribution in [0.2, 0.25) is 0 Å². The summed E-state index contributed by atoms with van der Waals surface area (Å²) in [4.78, 5) is 0. The van der Waals surface area contributed by atoms with Crippen molar-refractivity contribution in [3.8, 4) is 12.3 Å². The van der Waals surface area contributed by atoms with Crippen molar-refractivity contribution in [3.05, 3.63) is 0 Å². The summed E-state index contributed by atoms with van der Waals surface area (Å²) in [6.45, 7) is 4.83. The standard InChI is InChI=1S/C21H32O2/c1-4-21(23)12-11-19(2)14(13-21)5-6-15-16-7-8-18(22)20(16,3)10-9-17(15)19/h1,14-18,22-23H,5-13H2,2-3H3/t14?,15-,16-,17-,18-,19-,20-,21+/m0/s1. The molecule has 0 spiro atoms. The minimum atomic E-state index is -0.857. The minimum absolute atomic E-state index is 0.0862. The van der Waals surface area contributed by atoms with Gasteiger partial charge in [-0.15, -0.1) is 6.42 Å². The van der Waals surface area contributed by atoms with Crippen LogP contribution in [0.4, 0.5) is 0 Å². The van der Waals surface area contributed by atoms with Crippen LogP contribution in [-0.4, -0.2) is 21.9 Å². The Kier molecular flexibility index (Phi) is 3.47. The SMILES string of the molecule is C#C[C@@]1(O)CC[C@@]2(C)C(CC[C@H]3[C@@H]4CC[C@H](O)[C@@]4(C)CC[C@@H]32)C1. The molecule has 2 N–H and O–H groups in total. The van der Waals surface area contributed by atoms with E-state index in [4.69, 9.17) is 6.42 Å². The number of terminal acetylenes is 1. The summed E-state index contributed by atoms with van der Waals surface area (Å²) in [5.41, 5.74) is -0.344. The van der Waals surface area contributed by atoms with Crippen molar-refractivity contribution in [1.29, 1.82) is 0 Å². The Bertz CT molecular complexity index is 536. The van der Waals surface area contributed by atoms with E-state index in [-0.39, 0.29) is 11.5 Å². The molecule has 0 radical (unpaired) electrons. The van der Waals surface area contributed by atoms with Gasteiger partial charge >= 0.3 is 0 Å². The second kappa shape index (κ2) is 4.99. The lowest BCUT2D eigenvalue weighted by Gasteiger charge is -2.61. The van der Waals surface area contributed by atoms with Crippen molar-refractivity contribution >= 4 is 0 Å². The summed E-state index contributed by atoms with van der Waals surface area (Å²) in [6, 6.07) is 0. The zero-order valence-electron chi connectivity index (χ0n) is 14.7. The van der Waals surface area contributed by atoms with Gasteiger partial charge in [0.2, 0.25) is 0 Å². The van der Waals surface area contributed by atoms with Crippen LogP contribution in [-0.2, 0) is 0 Å². The van der Waals surface area contributed by atoms with E-state index in [9.17, 15) is 10.2 Å². The van der Waals surface area contributed by atoms with Gasteiger partial charge in [0.15, 0.2) is 0 Å². The van der Waals surface area contributed by atoms with Gasteiger partial charge in [-0.25, -0.2) is 0 Å². The first-order valence-electron chi connectivity index (χ1n) is 9.71. The molecule has 4 rings (SSSR count). The highest BCUT2D eigenvalue weighted by Crippen LogP contribution is 2.66. The van der Waals surface area contributed by atoms with Gasteiger partial charge in [-0.05, 0) is 92.3 Å². The Labute approximate surface area is 141 Å².